The van der Waals surface area contributed by atoms with Crippen LogP contribution in [0.1, 0.15) is 79.7 Å². The van der Waals surface area contributed by atoms with Crippen LogP contribution in [0.25, 0.3) is 0 Å². The number of hydrogen-bond acceptors (Lipinski definition) is 6. The zero-order valence-corrected chi connectivity index (χ0v) is 23.4. The normalized spacial score (nSPS) is 20.1. The Bertz CT molecular complexity index is 1390. The molecule has 2 atom stereocenters. The van der Waals surface area contributed by atoms with Crippen molar-refractivity contribution in [3.63, 3.8) is 0 Å². The van der Waals surface area contributed by atoms with E-state index in [2.05, 4.69) is 0 Å². The summed E-state index contributed by atoms with van der Waals surface area (Å²) in [5.41, 5.74) is -5.66. The topological polar surface area (TPSA) is 141 Å². The number of carbonyl (C=O) groups is 3. The first-order valence-corrected chi connectivity index (χ1v) is 12.9. The second kappa shape index (κ2) is 9.28. The number of esters is 1. The molecule has 0 aliphatic carbocycles. The van der Waals surface area contributed by atoms with Crippen LogP contribution in [-0.2, 0) is 31.1 Å². The first kappa shape index (κ1) is 29.0. The van der Waals surface area contributed by atoms with Gasteiger partial charge in [-0.05, 0) is 17.2 Å². The van der Waals surface area contributed by atoms with Crippen LogP contribution in [0.2, 0.25) is 0 Å². The predicted octanol–water partition coefficient (Wildman–Crippen LogP) is 4.79. The highest BCUT2D eigenvalue weighted by Gasteiger charge is 2.52. The van der Waals surface area contributed by atoms with Crippen LogP contribution in [0.5, 0.6) is 0 Å². The Morgan fingerprint density at radius 3 is 1.38 bits per heavy atom. The summed E-state index contributed by atoms with van der Waals surface area (Å²) in [7, 11) is 0. The number of carbonyl (C=O) groups excluding carboxylic acids is 1. The summed E-state index contributed by atoms with van der Waals surface area (Å²) in [6.45, 7) is 9.77. The molecule has 40 heavy (non-hydrogen) atoms. The third kappa shape index (κ3) is 4.01. The van der Waals surface area contributed by atoms with E-state index in [9.17, 15) is 34.8 Å². The molecule has 3 aromatic carbocycles. The van der Waals surface area contributed by atoms with Crippen LogP contribution >= 0.6 is 0 Å². The van der Waals surface area contributed by atoms with E-state index in [1.54, 1.807) is 90.1 Å². The number of hydrogen-bond donors (Lipinski definition) is 4. The minimum atomic E-state index is -2.18. The first-order chi connectivity index (χ1) is 18.4. The fourth-order valence-corrected chi connectivity index (χ4v) is 5.46. The lowest BCUT2D eigenvalue weighted by Crippen LogP contribution is -2.47. The predicted molar refractivity (Wildman–Crippen MR) is 147 cm³/mol. The van der Waals surface area contributed by atoms with Crippen LogP contribution in [0.4, 0.5) is 0 Å². The molecule has 0 amide bonds. The molecule has 0 saturated heterocycles. The van der Waals surface area contributed by atoms with Crippen molar-refractivity contribution in [3.8, 4) is 0 Å². The van der Waals surface area contributed by atoms with E-state index in [0.29, 0.717) is 22.3 Å². The average molecular weight is 547 g/mol. The standard InChI is InChI=1S/C32H34O8/c1-28(2,3)31(38,26(34)35)21-15-11-19(12-16-21)30(24-10-8-7-9-23(24)25(33)40-30)20-13-17-22(18-14-20)32(39,27(36)37)29(4,5)6/h7-18,38-39H,1-6H3,(H,34,35)(H,36,37). The van der Waals surface area contributed by atoms with Crippen LogP contribution < -0.4 is 0 Å². The van der Waals surface area contributed by atoms with E-state index in [-0.39, 0.29) is 11.1 Å². The fraction of sp³-hybridized carbons (Fsp3) is 0.344. The number of carboxylic acids is 2. The van der Waals surface area contributed by atoms with Crippen LogP contribution in [-0.4, -0.2) is 38.3 Å². The largest absolute Gasteiger partial charge is 0.479 e. The maximum atomic E-state index is 13.1. The first-order valence-electron chi connectivity index (χ1n) is 12.9. The van der Waals surface area contributed by atoms with E-state index in [1.807, 2.05) is 0 Å². The van der Waals surface area contributed by atoms with Crippen molar-refractivity contribution in [2.45, 2.75) is 58.3 Å². The summed E-state index contributed by atoms with van der Waals surface area (Å²) >= 11 is 0. The molecule has 8 nitrogen and oxygen atoms in total. The van der Waals surface area contributed by atoms with E-state index in [4.69, 9.17) is 4.74 Å². The molecule has 4 rings (SSSR count). The van der Waals surface area contributed by atoms with Crippen molar-refractivity contribution in [3.05, 3.63) is 106 Å². The Labute approximate surface area is 232 Å². The van der Waals surface area contributed by atoms with Crippen LogP contribution in [0.3, 0.4) is 0 Å². The van der Waals surface area contributed by atoms with Gasteiger partial charge in [-0.2, -0.15) is 0 Å². The second-order valence-corrected chi connectivity index (χ2v) is 12.3. The highest BCUT2D eigenvalue weighted by Crippen LogP contribution is 2.49. The molecule has 0 aromatic heterocycles. The smallest absolute Gasteiger partial charge is 0.340 e. The number of carboxylic acid groups (broad SMARTS) is 2. The number of rotatable bonds is 6. The minimum absolute atomic E-state index is 0.163. The van der Waals surface area contributed by atoms with Crippen molar-refractivity contribution in [2.75, 3.05) is 0 Å². The summed E-state index contributed by atoms with van der Waals surface area (Å²) in [4.78, 5) is 37.4. The molecule has 0 spiro atoms. The van der Waals surface area contributed by atoms with E-state index in [0.717, 1.165) is 0 Å². The summed E-state index contributed by atoms with van der Waals surface area (Å²) in [5.74, 6) is -3.34. The zero-order chi connectivity index (χ0) is 29.9. The number of aliphatic hydroxyl groups is 2. The van der Waals surface area contributed by atoms with Gasteiger partial charge in [0.15, 0.2) is 16.8 Å². The molecule has 0 saturated carbocycles. The summed E-state index contributed by atoms with van der Waals surface area (Å²) in [6, 6.07) is 19.3. The van der Waals surface area contributed by atoms with Gasteiger partial charge in [0, 0.05) is 27.5 Å². The Hall–Kier alpha value is -4.01. The number of benzene rings is 3. The maximum absolute atomic E-state index is 13.1. The van der Waals surface area contributed by atoms with Crippen molar-refractivity contribution in [1.82, 2.24) is 0 Å². The fourth-order valence-electron chi connectivity index (χ4n) is 5.46. The van der Waals surface area contributed by atoms with Crippen LogP contribution in [0.15, 0.2) is 72.8 Å². The SMILES string of the molecule is CC(C)(C)C(O)(C(=O)O)c1ccc(C2(c3ccc(C(O)(C(=O)O)C(C)(C)C)cc3)OC(=O)c3ccccc32)cc1. The number of ether oxygens (including phenoxy) is 1. The van der Waals surface area contributed by atoms with Gasteiger partial charge in [0.2, 0.25) is 0 Å². The Balaban J connectivity index is 1.93. The van der Waals surface area contributed by atoms with E-state index < -0.39 is 45.5 Å². The molecule has 3 aromatic rings. The molecule has 4 N–H and O–H groups in total. The maximum Gasteiger partial charge on any atom is 0.340 e. The highest BCUT2D eigenvalue weighted by atomic mass is 16.6. The summed E-state index contributed by atoms with van der Waals surface area (Å²) < 4.78 is 6.08. The number of fused-ring (bicyclic) bond motifs is 1. The van der Waals surface area contributed by atoms with Gasteiger partial charge in [-0.1, -0.05) is 108 Å². The monoisotopic (exact) mass is 546 g/mol. The molecule has 2 unspecified atom stereocenters. The molecule has 210 valence electrons. The Kier molecular flexibility index (Phi) is 6.73. The Morgan fingerprint density at radius 1 is 0.650 bits per heavy atom. The lowest BCUT2D eigenvalue weighted by Gasteiger charge is -2.38. The van der Waals surface area contributed by atoms with Crippen molar-refractivity contribution < 1.29 is 39.5 Å². The molecule has 0 radical (unpaired) electrons. The third-order valence-corrected chi connectivity index (χ3v) is 7.98. The van der Waals surface area contributed by atoms with Gasteiger partial charge in [-0.15, -0.1) is 0 Å². The lowest BCUT2D eigenvalue weighted by atomic mass is 9.70. The molecule has 1 aliphatic rings. The molecule has 0 fully saturated rings. The third-order valence-electron chi connectivity index (χ3n) is 7.98. The molecule has 8 heteroatoms. The van der Waals surface area contributed by atoms with Crippen molar-refractivity contribution in [2.24, 2.45) is 10.8 Å². The summed E-state index contributed by atoms with van der Waals surface area (Å²) in [5, 5.41) is 42.2. The minimum Gasteiger partial charge on any atom is -0.479 e. The van der Waals surface area contributed by atoms with Gasteiger partial charge in [0.05, 0.1) is 5.56 Å². The Morgan fingerprint density at radius 2 is 1.02 bits per heavy atom. The molecular weight excluding hydrogens is 512 g/mol. The van der Waals surface area contributed by atoms with E-state index in [1.165, 1.54) is 24.3 Å². The molecular formula is C32H34O8. The van der Waals surface area contributed by atoms with Crippen molar-refractivity contribution >= 4 is 17.9 Å². The number of cyclic esters (lactones) is 1. The summed E-state index contributed by atoms with van der Waals surface area (Å²) in [6.07, 6.45) is 0. The van der Waals surface area contributed by atoms with E-state index >= 15 is 0 Å². The molecule has 1 aliphatic heterocycles. The quantitative estimate of drug-likeness (QED) is 0.324. The van der Waals surface area contributed by atoms with Gasteiger partial charge in [0.25, 0.3) is 0 Å². The lowest BCUT2D eigenvalue weighted by molar-refractivity contribution is -0.174. The van der Waals surface area contributed by atoms with Gasteiger partial charge in [-0.25, -0.2) is 14.4 Å². The molecule has 1 heterocycles. The van der Waals surface area contributed by atoms with Gasteiger partial charge < -0.3 is 25.2 Å². The van der Waals surface area contributed by atoms with Gasteiger partial charge >= 0.3 is 17.9 Å². The highest BCUT2D eigenvalue weighted by molar-refractivity contribution is 5.96. The molecule has 0 bridgehead atoms. The van der Waals surface area contributed by atoms with Crippen LogP contribution in [0, 0.1) is 10.8 Å². The zero-order valence-electron chi connectivity index (χ0n) is 23.4. The second-order valence-electron chi connectivity index (χ2n) is 12.3. The van der Waals surface area contributed by atoms with Gasteiger partial charge in [0.1, 0.15) is 0 Å². The number of aliphatic carboxylic acids is 2. The van der Waals surface area contributed by atoms with Crippen molar-refractivity contribution in [1.29, 1.82) is 0 Å². The average Bonchev–Trinajstić information content (AvgIpc) is 3.19. The van der Waals surface area contributed by atoms with Gasteiger partial charge in [-0.3, -0.25) is 0 Å².